The molecule has 0 amide bonds. The Kier molecular flexibility index (Phi) is 4.02. The fraction of sp³-hybridized carbons (Fsp3) is 0.571. The smallest absolute Gasteiger partial charge is 0.0584 e. The van der Waals surface area contributed by atoms with Crippen molar-refractivity contribution in [2.75, 3.05) is 25.1 Å². The number of nitrogens with one attached hydrogen (secondary N) is 1. The van der Waals surface area contributed by atoms with E-state index in [9.17, 15) is 0 Å². The summed E-state index contributed by atoms with van der Waals surface area (Å²) in [6.45, 7) is 4.27. The highest BCUT2D eigenvalue weighted by atomic mass is 16.3. The number of hydrogen-bond acceptors (Lipinski definition) is 3. The molecule has 0 radical (unpaired) electrons. The first-order chi connectivity index (χ1) is 8.24. The van der Waals surface area contributed by atoms with Crippen LogP contribution in [0.1, 0.15) is 24.5 Å². The number of benzene rings is 1. The lowest BCUT2D eigenvalue weighted by molar-refractivity contribution is 0.238. The van der Waals surface area contributed by atoms with Crippen LogP contribution in [-0.2, 0) is 13.0 Å². The molecule has 2 N–H and O–H groups in total. The van der Waals surface area contributed by atoms with Crippen LogP contribution in [0.15, 0.2) is 18.2 Å². The molecule has 2 rings (SSSR count). The van der Waals surface area contributed by atoms with Crippen LogP contribution in [-0.4, -0.2) is 31.3 Å². The molecule has 0 aliphatic carbocycles. The molecule has 0 saturated carbocycles. The maximum absolute atomic E-state index is 9.12. The highest BCUT2D eigenvalue weighted by Gasteiger charge is 2.15. The van der Waals surface area contributed by atoms with E-state index in [-0.39, 0.29) is 12.6 Å². The summed E-state index contributed by atoms with van der Waals surface area (Å²) in [5.74, 6) is 0. The van der Waals surface area contributed by atoms with E-state index in [1.54, 1.807) is 0 Å². The lowest BCUT2D eigenvalue weighted by Crippen LogP contribution is -2.31. The first-order valence-electron chi connectivity index (χ1n) is 6.41. The van der Waals surface area contributed by atoms with E-state index in [4.69, 9.17) is 5.11 Å². The Balaban J connectivity index is 1.99. The van der Waals surface area contributed by atoms with Crippen molar-refractivity contribution in [3.05, 3.63) is 29.3 Å². The fourth-order valence-corrected chi connectivity index (χ4v) is 2.33. The predicted molar refractivity (Wildman–Crippen MR) is 71.4 cm³/mol. The lowest BCUT2D eigenvalue weighted by Gasteiger charge is -2.15. The molecule has 1 aliphatic rings. The van der Waals surface area contributed by atoms with Crippen LogP contribution in [0.3, 0.4) is 0 Å². The van der Waals surface area contributed by atoms with Crippen molar-refractivity contribution in [2.24, 2.45) is 0 Å². The molecule has 1 aromatic carbocycles. The summed E-state index contributed by atoms with van der Waals surface area (Å²) in [6, 6.07) is 6.89. The van der Waals surface area contributed by atoms with Gasteiger partial charge in [-0.05, 0) is 30.0 Å². The fourth-order valence-electron chi connectivity index (χ4n) is 2.33. The van der Waals surface area contributed by atoms with Crippen molar-refractivity contribution in [2.45, 2.75) is 32.4 Å². The van der Waals surface area contributed by atoms with Gasteiger partial charge >= 0.3 is 0 Å². The molecular formula is C14H22N2O. The quantitative estimate of drug-likeness (QED) is 0.811. The average molecular weight is 234 g/mol. The third-order valence-electron chi connectivity index (χ3n) is 3.58. The van der Waals surface area contributed by atoms with Crippen LogP contribution >= 0.6 is 0 Å². The summed E-state index contributed by atoms with van der Waals surface area (Å²) >= 11 is 0. The number of aliphatic hydroxyl groups is 1. The molecule has 1 aromatic rings. The van der Waals surface area contributed by atoms with Crippen molar-refractivity contribution in [1.29, 1.82) is 0 Å². The van der Waals surface area contributed by atoms with Gasteiger partial charge in [0, 0.05) is 31.9 Å². The van der Waals surface area contributed by atoms with Gasteiger partial charge in [0.2, 0.25) is 0 Å². The first-order valence-corrected chi connectivity index (χ1v) is 6.41. The van der Waals surface area contributed by atoms with Crippen molar-refractivity contribution < 1.29 is 5.11 Å². The van der Waals surface area contributed by atoms with Gasteiger partial charge in [0.05, 0.1) is 6.61 Å². The minimum atomic E-state index is 0.212. The molecule has 1 aliphatic heterocycles. The summed E-state index contributed by atoms with van der Waals surface area (Å²) < 4.78 is 0. The topological polar surface area (TPSA) is 35.5 Å². The normalized spacial score (nSPS) is 16.1. The van der Waals surface area contributed by atoms with Crippen molar-refractivity contribution in [3.8, 4) is 0 Å². The zero-order valence-corrected chi connectivity index (χ0v) is 10.7. The summed E-state index contributed by atoms with van der Waals surface area (Å²) in [6.07, 6.45) is 2.11. The molecule has 0 bridgehead atoms. The molecule has 0 spiro atoms. The second-order valence-corrected chi connectivity index (χ2v) is 4.80. The summed E-state index contributed by atoms with van der Waals surface area (Å²) in [5.41, 5.74) is 4.12. The van der Waals surface area contributed by atoms with Crippen molar-refractivity contribution >= 4 is 5.69 Å². The van der Waals surface area contributed by atoms with Gasteiger partial charge in [-0.15, -0.1) is 0 Å². The van der Waals surface area contributed by atoms with Crippen molar-refractivity contribution in [3.63, 3.8) is 0 Å². The van der Waals surface area contributed by atoms with E-state index >= 15 is 0 Å². The Hall–Kier alpha value is -1.06. The molecule has 1 heterocycles. The van der Waals surface area contributed by atoms with Gasteiger partial charge in [-0.2, -0.15) is 0 Å². The van der Waals surface area contributed by atoms with Gasteiger partial charge in [0.15, 0.2) is 0 Å². The van der Waals surface area contributed by atoms with Gasteiger partial charge < -0.3 is 15.3 Å². The molecule has 0 fully saturated rings. The van der Waals surface area contributed by atoms with Gasteiger partial charge in [-0.1, -0.05) is 19.1 Å². The van der Waals surface area contributed by atoms with Crippen molar-refractivity contribution in [1.82, 2.24) is 5.32 Å². The molecule has 17 heavy (non-hydrogen) atoms. The van der Waals surface area contributed by atoms with Gasteiger partial charge in [0.1, 0.15) is 0 Å². The third-order valence-corrected chi connectivity index (χ3v) is 3.58. The zero-order valence-electron chi connectivity index (χ0n) is 10.7. The molecule has 3 heteroatoms. The lowest BCUT2D eigenvalue weighted by atomic mass is 10.1. The monoisotopic (exact) mass is 234 g/mol. The summed E-state index contributed by atoms with van der Waals surface area (Å²) in [5, 5.41) is 12.5. The van der Waals surface area contributed by atoms with E-state index in [0.717, 1.165) is 25.9 Å². The molecule has 0 unspecified atom stereocenters. The second kappa shape index (κ2) is 5.52. The molecule has 0 aromatic heterocycles. The molecular weight excluding hydrogens is 212 g/mol. The van der Waals surface area contributed by atoms with Crippen LogP contribution < -0.4 is 10.2 Å². The molecule has 0 saturated heterocycles. The van der Waals surface area contributed by atoms with Crippen LogP contribution in [0.2, 0.25) is 0 Å². The molecule has 94 valence electrons. The van der Waals surface area contributed by atoms with Gasteiger partial charge in [-0.25, -0.2) is 0 Å². The number of fused-ring (bicyclic) bond motifs is 1. The Morgan fingerprint density at radius 3 is 3.00 bits per heavy atom. The number of rotatable bonds is 5. The highest BCUT2D eigenvalue weighted by molar-refractivity contribution is 5.58. The van der Waals surface area contributed by atoms with Gasteiger partial charge in [0.25, 0.3) is 0 Å². The van der Waals surface area contributed by atoms with Crippen LogP contribution in [0.4, 0.5) is 5.69 Å². The number of hydrogen-bond donors (Lipinski definition) is 2. The maximum Gasteiger partial charge on any atom is 0.0584 e. The Labute approximate surface area is 103 Å². The van der Waals surface area contributed by atoms with Crippen LogP contribution in [0.25, 0.3) is 0 Å². The van der Waals surface area contributed by atoms with Crippen LogP contribution in [0, 0.1) is 0 Å². The molecule has 3 nitrogen and oxygen atoms in total. The number of nitrogens with zero attached hydrogens (tertiary/aromatic N) is 1. The Morgan fingerprint density at radius 2 is 2.29 bits per heavy atom. The summed E-state index contributed by atoms with van der Waals surface area (Å²) in [4.78, 5) is 2.30. The average Bonchev–Trinajstić information content (AvgIpc) is 2.72. The number of anilines is 1. The minimum absolute atomic E-state index is 0.212. The van der Waals surface area contributed by atoms with E-state index in [1.165, 1.54) is 16.8 Å². The number of aliphatic hydroxyl groups excluding tert-OH is 1. The largest absolute Gasteiger partial charge is 0.395 e. The predicted octanol–water partition coefficient (Wildman–Crippen LogP) is 1.54. The first kappa shape index (κ1) is 12.4. The Morgan fingerprint density at radius 1 is 1.47 bits per heavy atom. The highest BCUT2D eigenvalue weighted by Crippen LogP contribution is 2.27. The maximum atomic E-state index is 9.12. The minimum Gasteiger partial charge on any atom is -0.395 e. The van der Waals surface area contributed by atoms with E-state index in [0.29, 0.717) is 0 Å². The van der Waals surface area contributed by atoms with Crippen LogP contribution in [0.5, 0.6) is 0 Å². The summed E-state index contributed by atoms with van der Waals surface area (Å²) in [7, 11) is 2.14. The second-order valence-electron chi connectivity index (χ2n) is 4.80. The molecule has 1 atom stereocenters. The van der Waals surface area contributed by atoms with Gasteiger partial charge in [-0.3, -0.25) is 0 Å². The van der Waals surface area contributed by atoms with E-state index in [1.807, 2.05) is 0 Å². The zero-order chi connectivity index (χ0) is 12.3. The standard InChI is InChI=1S/C14H22N2O/c1-3-13(10-17)15-9-11-4-5-14-12(8-11)6-7-16(14)2/h4-5,8,13,15,17H,3,6-7,9-10H2,1-2H3/t13-/m0/s1. The van der Waals surface area contributed by atoms with E-state index < -0.39 is 0 Å². The van der Waals surface area contributed by atoms with E-state index in [2.05, 4.69) is 42.4 Å². The Bertz CT molecular complexity index is 374. The third kappa shape index (κ3) is 2.79. The SMILES string of the molecule is CC[C@@H](CO)NCc1ccc2c(c1)CCN2C. The number of likely N-dealkylation sites (N-methyl/N-ethyl adjacent to an activating group) is 1.